The van der Waals surface area contributed by atoms with E-state index in [0.29, 0.717) is 38.5 Å². The van der Waals surface area contributed by atoms with Gasteiger partial charge in [-0.15, -0.1) is 0 Å². The van der Waals surface area contributed by atoms with Crippen molar-refractivity contribution in [2.75, 3.05) is 38.1 Å². The van der Waals surface area contributed by atoms with E-state index in [4.69, 9.17) is 4.74 Å². The van der Waals surface area contributed by atoms with Gasteiger partial charge in [0.05, 0.1) is 6.61 Å². The van der Waals surface area contributed by atoms with E-state index >= 15 is 0 Å². The van der Waals surface area contributed by atoms with Gasteiger partial charge in [-0.1, -0.05) is 12.1 Å². The summed E-state index contributed by atoms with van der Waals surface area (Å²) in [6, 6.07) is 7.45. The maximum atomic E-state index is 12.9. The molecule has 0 saturated carbocycles. The zero-order valence-corrected chi connectivity index (χ0v) is 15.9. The van der Waals surface area contributed by atoms with Crippen LogP contribution in [0.5, 0.6) is 0 Å². The van der Waals surface area contributed by atoms with Crippen LogP contribution >= 0.6 is 0 Å². The van der Waals surface area contributed by atoms with E-state index in [-0.39, 0.29) is 17.9 Å². The summed E-state index contributed by atoms with van der Waals surface area (Å²) in [4.78, 5) is 40.4. The number of rotatable bonds is 4. The normalized spacial score (nSPS) is 14.8. The van der Waals surface area contributed by atoms with Crippen LogP contribution in [-0.4, -0.2) is 60.5 Å². The maximum Gasteiger partial charge on any atom is 0.409 e. The van der Waals surface area contributed by atoms with E-state index in [9.17, 15) is 14.4 Å². The van der Waals surface area contributed by atoms with Crippen molar-refractivity contribution in [1.82, 2.24) is 9.80 Å². The number of carbonyl (C=O) groups excluding carboxylic acids is 3. The number of piperazine rings is 1. The Morgan fingerprint density at radius 3 is 2.31 bits per heavy atom. The molecule has 0 radical (unpaired) electrons. The molecule has 7 heteroatoms. The second kappa shape index (κ2) is 8.21. The summed E-state index contributed by atoms with van der Waals surface area (Å²) in [6.07, 6.45) is -0.365. The second-order valence-corrected chi connectivity index (χ2v) is 6.93. The molecule has 0 atom stereocenters. The van der Waals surface area contributed by atoms with Gasteiger partial charge in [-0.2, -0.15) is 0 Å². The van der Waals surface area contributed by atoms with Crippen LogP contribution in [-0.2, 0) is 14.3 Å². The largest absolute Gasteiger partial charge is 0.450 e. The van der Waals surface area contributed by atoms with E-state index in [1.54, 1.807) is 36.6 Å². The minimum absolute atomic E-state index is 0.244. The third kappa shape index (κ3) is 4.53. The van der Waals surface area contributed by atoms with Crippen LogP contribution in [0.1, 0.15) is 26.3 Å². The van der Waals surface area contributed by atoms with Crippen LogP contribution in [0.25, 0.3) is 0 Å². The van der Waals surface area contributed by atoms with Crippen LogP contribution in [0.15, 0.2) is 24.3 Å². The van der Waals surface area contributed by atoms with Crippen LogP contribution in [0.3, 0.4) is 0 Å². The number of nitrogens with zero attached hydrogens (tertiary/aromatic N) is 2. The zero-order valence-electron chi connectivity index (χ0n) is 15.9. The highest BCUT2D eigenvalue weighted by Gasteiger charge is 2.40. The Balaban J connectivity index is 1.97. The standard InChI is InChI=1S/C19H27N3O4/c1-5-26-18(25)22-11-9-21(10-12-22)17(24)19(3,4)16(23)20-15-8-6-7-14(2)13-15/h6-8,13H,5,9-12H2,1-4H3,(H,20,23). The molecule has 3 amide bonds. The monoisotopic (exact) mass is 361 g/mol. The van der Waals surface area contributed by atoms with Gasteiger partial charge < -0.3 is 19.9 Å². The SMILES string of the molecule is CCOC(=O)N1CCN(C(=O)C(C)(C)C(=O)Nc2cccc(C)c2)CC1. The number of nitrogens with one attached hydrogen (secondary N) is 1. The van der Waals surface area contributed by atoms with E-state index in [1.807, 2.05) is 25.1 Å². The van der Waals surface area contributed by atoms with Gasteiger partial charge in [0.2, 0.25) is 11.8 Å². The van der Waals surface area contributed by atoms with Gasteiger partial charge in [-0.05, 0) is 45.4 Å². The quantitative estimate of drug-likeness (QED) is 0.835. The van der Waals surface area contributed by atoms with Gasteiger partial charge in [-0.25, -0.2) is 4.79 Å². The first kappa shape index (κ1) is 19.8. The van der Waals surface area contributed by atoms with Gasteiger partial charge in [0.15, 0.2) is 0 Å². The number of hydrogen-bond donors (Lipinski definition) is 1. The second-order valence-electron chi connectivity index (χ2n) is 6.93. The van der Waals surface area contributed by atoms with Crippen molar-refractivity contribution in [1.29, 1.82) is 0 Å². The van der Waals surface area contributed by atoms with Crippen LogP contribution in [0.4, 0.5) is 10.5 Å². The molecular formula is C19H27N3O4. The average Bonchev–Trinajstić information content (AvgIpc) is 2.61. The fourth-order valence-electron chi connectivity index (χ4n) is 2.81. The van der Waals surface area contributed by atoms with E-state index in [0.717, 1.165) is 5.56 Å². The molecule has 142 valence electrons. The number of hydrogen-bond acceptors (Lipinski definition) is 4. The Labute approximate surface area is 154 Å². The van der Waals surface area contributed by atoms with Crippen molar-refractivity contribution in [3.05, 3.63) is 29.8 Å². The third-order valence-electron chi connectivity index (χ3n) is 4.47. The zero-order chi connectivity index (χ0) is 19.3. The summed E-state index contributed by atoms with van der Waals surface area (Å²) in [7, 11) is 0. The molecule has 0 aromatic heterocycles. The summed E-state index contributed by atoms with van der Waals surface area (Å²) in [5.41, 5.74) is 0.501. The molecule has 1 saturated heterocycles. The molecule has 1 heterocycles. The Morgan fingerprint density at radius 1 is 1.12 bits per heavy atom. The summed E-state index contributed by atoms with van der Waals surface area (Å²) < 4.78 is 4.98. The molecule has 2 rings (SSSR count). The summed E-state index contributed by atoms with van der Waals surface area (Å²) in [6.45, 7) is 8.85. The van der Waals surface area contributed by atoms with Gasteiger partial charge in [-0.3, -0.25) is 9.59 Å². The molecule has 26 heavy (non-hydrogen) atoms. The van der Waals surface area contributed by atoms with Crippen molar-refractivity contribution >= 4 is 23.6 Å². The predicted molar refractivity (Wildman–Crippen MR) is 98.8 cm³/mol. The highest BCUT2D eigenvalue weighted by Crippen LogP contribution is 2.23. The highest BCUT2D eigenvalue weighted by atomic mass is 16.6. The van der Waals surface area contributed by atoms with Crippen molar-refractivity contribution in [3.8, 4) is 0 Å². The molecule has 1 aromatic carbocycles. The average molecular weight is 361 g/mol. The van der Waals surface area contributed by atoms with Crippen molar-refractivity contribution in [2.45, 2.75) is 27.7 Å². The van der Waals surface area contributed by atoms with E-state index in [2.05, 4.69) is 5.32 Å². The van der Waals surface area contributed by atoms with Gasteiger partial charge in [0, 0.05) is 31.9 Å². The van der Waals surface area contributed by atoms with Gasteiger partial charge in [0.25, 0.3) is 0 Å². The van der Waals surface area contributed by atoms with E-state index < -0.39 is 5.41 Å². The molecule has 1 aliphatic heterocycles. The lowest BCUT2D eigenvalue weighted by Crippen LogP contribution is -2.55. The van der Waals surface area contributed by atoms with Gasteiger partial charge in [0.1, 0.15) is 5.41 Å². The number of anilines is 1. The molecule has 1 N–H and O–H groups in total. The molecule has 1 aliphatic rings. The highest BCUT2D eigenvalue weighted by molar-refractivity contribution is 6.09. The Bertz CT molecular complexity index is 679. The smallest absolute Gasteiger partial charge is 0.409 e. The summed E-state index contributed by atoms with van der Waals surface area (Å²) in [5.74, 6) is -0.591. The third-order valence-corrected chi connectivity index (χ3v) is 4.47. The first-order chi connectivity index (χ1) is 12.3. The summed E-state index contributed by atoms with van der Waals surface area (Å²) in [5, 5.41) is 2.82. The topological polar surface area (TPSA) is 79.0 Å². The molecular weight excluding hydrogens is 334 g/mol. The molecule has 7 nitrogen and oxygen atoms in total. The predicted octanol–water partition coefficient (Wildman–Crippen LogP) is 2.26. The van der Waals surface area contributed by atoms with Crippen molar-refractivity contribution < 1.29 is 19.1 Å². The van der Waals surface area contributed by atoms with Crippen LogP contribution in [0, 0.1) is 12.3 Å². The fourth-order valence-corrected chi connectivity index (χ4v) is 2.81. The van der Waals surface area contributed by atoms with Crippen LogP contribution in [0.2, 0.25) is 0 Å². The van der Waals surface area contributed by atoms with Gasteiger partial charge >= 0.3 is 6.09 Å². The molecule has 0 bridgehead atoms. The first-order valence-electron chi connectivity index (χ1n) is 8.85. The maximum absolute atomic E-state index is 12.9. The lowest BCUT2D eigenvalue weighted by atomic mass is 9.89. The lowest BCUT2D eigenvalue weighted by molar-refractivity contribution is -0.147. The number of benzene rings is 1. The molecule has 0 spiro atoms. The molecule has 1 aromatic rings. The number of amides is 3. The minimum Gasteiger partial charge on any atom is -0.450 e. The minimum atomic E-state index is -1.20. The molecule has 0 unspecified atom stereocenters. The van der Waals surface area contributed by atoms with Crippen molar-refractivity contribution in [3.63, 3.8) is 0 Å². The Morgan fingerprint density at radius 2 is 1.73 bits per heavy atom. The van der Waals surface area contributed by atoms with Crippen LogP contribution < -0.4 is 5.32 Å². The fraction of sp³-hybridized carbons (Fsp3) is 0.526. The molecule has 0 aliphatic carbocycles. The Kier molecular flexibility index (Phi) is 6.23. The summed E-state index contributed by atoms with van der Waals surface area (Å²) >= 11 is 0. The lowest BCUT2D eigenvalue weighted by Gasteiger charge is -2.37. The number of ether oxygens (including phenoxy) is 1. The number of carbonyl (C=O) groups is 3. The molecule has 1 fully saturated rings. The van der Waals surface area contributed by atoms with Crippen molar-refractivity contribution in [2.24, 2.45) is 5.41 Å². The first-order valence-corrected chi connectivity index (χ1v) is 8.85. The number of aryl methyl sites for hydroxylation is 1. The van der Waals surface area contributed by atoms with E-state index in [1.165, 1.54) is 0 Å². The Hall–Kier alpha value is -2.57.